The van der Waals surface area contributed by atoms with Crippen LogP contribution in [-0.4, -0.2) is 62.5 Å². The number of aromatic nitrogens is 3. The van der Waals surface area contributed by atoms with Crippen molar-refractivity contribution < 1.29 is 10.2 Å². The second kappa shape index (κ2) is 9.94. The number of nitrogens with zero attached hydrogens (tertiary/aromatic N) is 7. The fourth-order valence-corrected chi connectivity index (χ4v) is 4.73. The molecule has 2 aliphatic heterocycles. The summed E-state index contributed by atoms with van der Waals surface area (Å²) in [6, 6.07) is 9.63. The molecule has 3 aromatic heterocycles. The molecule has 4 N–H and O–H groups in total. The summed E-state index contributed by atoms with van der Waals surface area (Å²) in [4.78, 5) is 16.6. The third kappa shape index (κ3) is 5.81. The van der Waals surface area contributed by atoms with Crippen molar-refractivity contribution in [2.45, 2.75) is 32.0 Å². The van der Waals surface area contributed by atoms with Crippen molar-refractivity contribution in [1.82, 2.24) is 15.0 Å². The SMILES string of the molecule is CC1(O)CN(c2ncc(Br)cc2C#N)C1.Cc1ncc(N)cc1-c1cnc(N2CC(C)(O)C2)c(C#N)c1. The van der Waals surface area contributed by atoms with Crippen LogP contribution in [0.3, 0.4) is 0 Å². The summed E-state index contributed by atoms with van der Waals surface area (Å²) in [5.74, 6) is 1.25. The molecule has 3 aromatic rings. The number of halogens is 1. The highest BCUT2D eigenvalue weighted by Crippen LogP contribution is 2.32. The highest BCUT2D eigenvalue weighted by Gasteiger charge is 2.39. The van der Waals surface area contributed by atoms with Gasteiger partial charge < -0.3 is 25.7 Å². The standard InChI is InChI=1S/C16H17N5O.C10H10BrN3O/c1-10-14(4-13(18)7-19-10)12-3-11(5-17)15(20-6-12)21-8-16(2,22)9-21;1-10(15)5-14(6-10)9-7(3-12)2-8(11)4-13-9/h3-4,6-7,22H,8-9,18H2,1-2H3;2,4,15H,5-6H2,1H3. The molecule has 2 fully saturated rings. The van der Waals surface area contributed by atoms with Crippen LogP contribution < -0.4 is 15.5 Å². The molecule has 2 aliphatic rings. The molecule has 0 saturated carbocycles. The van der Waals surface area contributed by atoms with E-state index in [1.165, 1.54) is 0 Å². The van der Waals surface area contributed by atoms with Gasteiger partial charge in [-0.2, -0.15) is 10.5 Å². The van der Waals surface area contributed by atoms with Gasteiger partial charge in [-0.1, -0.05) is 0 Å². The summed E-state index contributed by atoms with van der Waals surface area (Å²) >= 11 is 3.27. The Morgan fingerprint density at radius 2 is 1.38 bits per heavy atom. The number of nitriles is 2. The molecule has 0 unspecified atom stereocenters. The molecular formula is C26H27BrN8O2. The predicted octanol–water partition coefficient (Wildman–Crippen LogP) is 2.76. The maximum absolute atomic E-state index is 9.83. The van der Waals surface area contributed by atoms with Gasteiger partial charge in [0.2, 0.25) is 0 Å². The topological polar surface area (TPSA) is 159 Å². The molecule has 0 aliphatic carbocycles. The number of hydrogen-bond donors (Lipinski definition) is 3. The number of nitrogen functional groups attached to an aromatic ring is 1. The zero-order valence-electron chi connectivity index (χ0n) is 20.8. The van der Waals surface area contributed by atoms with E-state index >= 15 is 0 Å². The lowest BCUT2D eigenvalue weighted by molar-refractivity contribution is 0.0300. The van der Waals surface area contributed by atoms with Gasteiger partial charge in [-0.15, -0.1) is 0 Å². The summed E-state index contributed by atoms with van der Waals surface area (Å²) in [5.41, 5.74) is 8.52. The molecule has 0 atom stereocenters. The number of rotatable bonds is 3. The first-order valence-corrected chi connectivity index (χ1v) is 12.3. The largest absolute Gasteiger partial charge is 0.397 e. The summed E-state index contributed by atoms with van der Waals surface area (Å²) in [6.07, 6.45) is 4.98. The highest BCUT2D eigenvalue weighted by atomic mass is 79.9. The average Bonchev–Trinajstić information content (AvgIpc) is 2.82. The second-order valence-corrected chi connectivity index (χ2v) is 10.9. The highest BCUT2D eigenvalue weighted by molar-refractivity contribution is 9.10. The van der Waals surface area contributed by atoms with Crippen molar-refractivity contribution in [3.05, 3.63) is 58.1 Å². The second-order valence-electron chi connectivity index (χ2n) is 9.95. The van der Waals surface area contributed by atoms with Crippen LogP contribution in [0.5, 0.6) is 0 Å². The van der Waals surface area contributed by atoms with Gasteiger partial charge in [0.15, 0.2) is 0 Å². The molecule has 0 radical (unpaired) electrons. The van der Waals surface area contributed by atoms with E-state index in [2.05, 4.69) is 43.0 Å². The Morgan fingerprint density at radius 1 is 0.865 bits per heavy atom. The van der Waals surface area contributed by atoms with Gasteiger partial charge in [0, 0.05) is 59.9 Å². The van der Waals surface area contributed by atoms with Crippen molar-refractivity contribution in [2.24, 2.45) is 0 Å². The Hall–Kier alpha value is -3.77. The third-order valence-electron chi connectivity index (χ3n) is 6.08. The van der Waals surface area contributed by atoms with E-state index in [1.54, 1.807) is 44.6 Å². The maximum atomic E-state index is 9.83. The fourth-order valence-electron chi connectivity index (χ4n) is 4.40. The van der Waals surface area contributed by atoms with E-state index < -0.39 is 11.2 Å². The van der Waals surface area contributed by atoms with Crippen molar-refractivity contribution in [3.8, 4) is 23.3 Å². The van der Waals surface area contributed by atoms with Crippen LogP contribution >= 0.6 is 15.9 Å². The number of aliphatic hydroxyl groups is 2. The van der Waals surface area contributed by atoms with Gasteiger partial charge in [-0.25, -0.2) is 9.97 Å². The number of nitrogens with two attached hydrogens (primary N) is 1. The van der Waals surface area contributed by atoms with Crippen LogP contribution in [0.25, 0.3) is 11.1 Å². The lowest BCUT2D eigenvalue weighted by Crippen LogP contribution is -2.60. The Labute approximate surface area is 223 Å². The van der Waals surface area contributed by atoms with Gasteiger partial charge >= 0.3 is 0 Å². The van der Waals surface area contributed by atoms with Crippen LogP contribution in [0.15, 0.2) is 41.3 Å². The molecule has 5 heterocycles. The van der Waals surface area contributed by atoms with Crippen LogP contribution in [0, 0.1) is 29.6 Å². The summed E-state index contributed by atoms with van der Waals surface area (Å²) in [7, 11) is 0. The molecule has 11 heteroatoms. The van der Waals surface area contributed by atoms with E-state index in [-0.39, 0.29) is 0 Å². The lowest BCUT2D eigenvalue weighted by atomic mass is 9.96. The summed E-state index contributed by atoms with van der Waals surface area (Å²) in [6.45, 7) is 7.44. The minimum Gasteiger partial charge on any atom is -0.397 e. The first-order chi connectivity index (χ1) is 17.4. The molecule has 37 heavy (non-hydrogen) atoms. The number of pyridine rings is 3. The minimum absolute atomic E-state index is 0.479. The van der Waals surface area contributed by atoms with Gasteiger partial charge in [0.05, 0.1) is 34.2 Å². The average molecular weight is 563 g/mol. The molecule has 5 rings (SSSR count). The molecule has 2 saturated heterocycles. The van der Waals surface area contributed by atoms with Crippen LogP contribution in [-0.2, 0) is 0 Å². The molecular weight excluding hydrogens is 536 g/mol. The zero-order valence-corrected chi connectivity index (χ0v) is 22.4. The summed E-state index contributed by atoms with van der Waals surface area (Å²) in [5, 5.41) is 37.8. The van der Waals surface area contributed by atoms with Gasteiger partial charge in [-0.05, 0) is 54.9 Å². The molecule has 0 spiro atoms. The quantitative estimate of drug-likeness (QED) is 0.433. The van der Waals surface area contributed by atoms with Crippen molar-refractivity contribution in [3.63, 3.8) is 0 Å². The van der Waals surface area contributed by atoms with E-state index in [0.29, 0.717) is 54.6 Å². The fraction of sp³-hybridized carbons (Fsp3) is 0.346. The van der Waals surface area contributed by atoms with E-state index in [1.807, 2.05) is 22.8 Å². The smallest absolute Gasteiger partial charge is 0.146 e. The van der Waals surface area contributed by atoms with Crippen molar-refractivity contribution in [1.29, 1.82) is 10.5 Å². The molecule has 0 bridgehead atoms. The van der Waals surface area contributed by atoms with E-state index in [9.17, 15) is 15.5 Å². The third-order valence-corrected chi connectivity index (χ3v) is 6.52. The van der Waals surface area contributed by atoms with Crippen LogP contribution in [0.2, 0.25) is 0 Å². The lowest BCUT2D eigenvalue weighted by Gasteiger charge is -2.45. The first-order valence-electron chi connectivity index (χ1n) is 11.5. The zero-order chi connectivity index (χ0) is 27.0. The van der Waals surface area contributed by atoms with Gasteiger partial charge in [0.25, 0.3) is 0 Å². The number of aryl methyl sites for hydroxylation is 1. The van der Waals surface area contributed by atoms with Gasteiger partial charge in [0.1, 0.15) is 23.8 Å². The Kier molecular flexibility index (Phi) is 7.07. The Morgan fingerprint density at radius 3 is 1.89 bits per heavy atom. The normalized spacial score (nSPS) is 16.9. The van der Waals surface area contributed by atoms with Crippen molar-refractivity contribution >= 4 is 33.3 Å². The predicted molar refractivity (Wildman–Crippen MR) is 144 cm³/mol. The number of anilines is 3. The molecule has 190 valence electrons. The maximum Gasteiger partial charge on any atom is 0.146 e. The minimum atomic E-state index is -0.707. The van der Waals surface area contributed by atoms with E-state index in [0.717, 1.165) is 21.3 Å². The van der Waals surface area contributed by atoms with Crippen LogP contribution in [0.1, 0.15) is 30.7 Å². The number of β-amino-alcohol motifs (C(OH)–C–C–N with tert-alkyl or cyclic N) is 2. The first kappa shape index (κ1) is 26.3. The van der Waals surface area contributed by atoms with Gasteiger partial charge in [-0.3, -0.25) is 4.98 Å². The molecule has 10 nitrogen and oxygen atoms in total. The van der Waals surface area contributed by atoms with E-state index in [4.69, 9.17) is 11.0 Å². The Balaban J connectivity index is 0.000000186. The van der Waals surface area contributed by atoms with Crippen molar-refractivity contribution in [2.75, 3.05) is 41.7 Å². The number of hydrogen-bond acceptors (Lipinski definition) is 10. The molecule has 0 aromatic carbocycles. The Bertz CT molecular complexity index is 1410. The monoisotopic (exact) mass is 562 g/mol. The van der Waals surface area contributed by atoms with Crippen LogP contribution in [0.4, 0.5) is 17.3 Å². The summed E-state index contributed by atoms with van der Waals surface area (Å²) < 4.78 is 0.787. The molecule has 0 amide bonds.